The van der Waals surface area contributed by atoms with Gasteiger partial charge in [0.1, 0.15) is 0 Å². The molecule has 0 unspecified atom stereocenters. The highest BCUT2D eigenvalue weighted by Crippen LogP contribution is 2.29. The van der Waals surface area contributed by atoms with Crippen LogP contribution in [-0.2, 0) is 15.8 Å². The number of thiophene rings is 1. The fraction of sp³-hybridized carbons (Fsp3) is 0.154. The van der Waals surface area contributed by atoms with Crippen LogP contribution in [0.1, 0.15) is 22.2 Å². The first-order valence-electron chi connectivity index (χ1n) is 5.56. The van der Waals surface area contributed by atoms with Gasteiger partial charge in [-0.15, -0.1) is 11.3 Å². The fourth-order valence-corrected chi connectivity index (χ4v) is 3.27. The molecular formula is C13H13NO3S2. The molecule has 2 aromatic rings. The van der Waals surface area contributed by atoms with Crippen molar-refractivity contribution < 1.29 is 13.2 Å². The van der Waals surface area contributed by atoms with Crippen LogP contribution in [0.5, 0.6) is 0 Å². The van der Waals surface area contributed by atoms with Crippen molar-refractivity contribution in [2.45, 2.75) is 12.7 Å². The standard InChI is InChI=1S/C13H13NO3S2/c1-9(15)12-5-6-13(18-12)11-4-2-3-10(7-11)8-19(14,16)17/h2-7H,8H2,1H3,(H2,14,16,17). The summed E-state index contributed by atoms with van der Waals surface area (Å²) >= 11 is 1.39. The van der Waals surface area contributed by atoms with E-state index in [4.69, 9.17) is 5.14 Å². The number of Topliss-reactive ketones (excluding diaryl/α,β-unsaturated/α-hetero) is 1. The SMILES string of the molecule is CC(=O)c1ccc(-c2cccc(CS(N)(=O)=O)c2)s1. The summed E-state index contributed by atoms with van der Waals surface area (Å²) < 4.78 is 22.2. The first kappa shape index (κ1) is 13.9. The minimum absolute atomic E-state index is 0.0249. The highest BCUT2D eigenvalue weighted by Gasteiger charge is 2.09. The topological polar surface area (TPSA) is 77.2 Å². The van der Waals surface area contributed by atoms with E-state index in [0.717, 1.165) is 10.4 Å². The monoisotopic (exact) mass is 295 g/mol. The summed E-state index contributed by atoms with van der Waals surface area (Å²) in [5.41, 5.74) is 1.52. The summed E-state index contributed by atoms with van der Waals surface area (Å²) in [7, 11) is -3.54. The Hall–Kier alpha value is -1.50. The number of benzene rings is 1. The maximum absolute atomic E-state index is 11.3. The number of hydrogen-bond donors (Lipinski definition) is 1. The summed E-state index contributed by atoms with van der Waals surface area (Å²) in [4.78, 5) is 12.9. The van der Waals surface area contributed by atoms with Crippen molar-refractivity contribution >= 4 is 27.1 Å². The third kappa shape index (κ3) is 3.73. The molecule has 19 heavy (non-hydrogen) atoms. The average molecular weight is 295 g/mol. The van der Waals surface area contributed by atoms with Gasteiger partial charge in [-0.25, -0.2) is 13.6 Å². The maximum atomic E-state index is 11.3. The lowest BCUT2D eigenvalue weighted by molar-refractivity contribution is 0.102. The number of ketones is 1. The van der Waals surface area contributed by atoms with Crippen molar-refractivity contribution in [2.24, 2.45) is 5.14 Å². The molecule has 1 heterocycles. The van der Waals surface area contributed by atoms with Crippen LogP contribution in [-0.4, -0.2) is 14.2 Å². The largest absolute Gasteiger partial charge is 0.294 e. The van der Waals surface area contributed by atoms with E-state index in [9.17, 15) is 13.2 Å². The van der Waals surface area contributed by atoms with Gasteiger partial charge in [0.25, 0.3) is 0 Å². The van der Waals surface area contributed by atoms with E-state index in [1.54, 1.807) is 24.3 Å². The van der Waals surface area contributed by atoms with Crippen LogP contribution >= 0.6 is 11.3 Å². The summed E-state index contributed by atoms with van der Waals surface area (Å²) in [5, 5.41) is 5.03. The molecule has 0 bridgehead atoms. The van der Waals surface area contributed by atoms with Crippen LogP contribution < -0.4 is 5.14 Å². The smallest absolute Gasteiger partial charge is 0.213 e. The molecule has 0 fully saturated rings. The Morgan fingerprint density at radius 3 is 2.58 bits per heavy atom. The maximum Gasteiger partial charge on any atom is 0.213 e. The fourth-order valence-electron chi connectivity index (χ4n) is 1.73. The van der Waals surface area contributed by atoms with Crippen molar-refractivity contribution in [2.75, 3.05) is 0 Å². The Bertz CT molecular complexity index is 717. The molecule has 6 heteroatoms. The Morgan fingerprint density at radius 2 is 2.00 bits per heavy atom. The zero-order valence-corrected chi connectivity index (χ0v) is 11.9. The number of carbonyl (C=O) groups excluding carboxylic acids is 1. The second-order valence-electron chi connectivity index (χ2n) is 4.23. The lowest BCUT2D eigenvalue weighted by Gasteiger charge is -2.02. The molecule has 0 atom stereocenters. The molecule has 0 amide bonds. The molecule has 0 aliphatic rings. The minimum Gasteiger partial charge on any atom is -0.294 e. The van der Waals surface area contributed by atoms with E-state index in [2.05, 4.69) is 0 Å². The van der Waals surface area contributed by atoms with E-state index >= 15 is 0 Å². The molecule has 1 aromatic heterocycles. The molecule has 0 spiro atoms. The van der Waals surface area contributed by atoms with E-state index in [1.807, 2.05) is 12.1 Å². The van der Waals surface area contributed by atoms with Gasteiger partial charge in [-0.1, -0.05) is 18.2 Å². The lowest BCUT2D eigenvalue weighted by atomic mass is 10.1. The molecule has 0 aliphatic heterocycles. The van der Waals surface area contributed by atoms with E-state index < -0.39 is 10.0 Å². The van der Waals surface area contributed by atoms with Gasteiger partial charge >= 0.3 is 0 Å². The van der Waals surface area contributed by atoms with Crippen molar-refractivity contribution in [3.63, 3.8) is 0 Å². The highest BCUT2D eigenvalue weighted by atomic mass is 32.2. The van der Waals surface area contributed by atoms with Gasteiger partial charge in [0.05, 0.1) is 10.6 Å². The number of hydrogen-bond acceptors (Lipinski definition) is 4. The molecule has 0 aliphatic carbocycles. The molecule has 2 rings (SSSR count). The van der Waals surface area contributed by atoms with Crippen molar-refractivity contribution in [3.8, 4) is 10.4 Å². The van der Waals surface area contributed by atoms with Crippen molar-refractivity contribution in [1.29, 1.82) is 0 Å². The van der Waals surface area contributed by atoms with Gasteiger partial charge in [-0.05, 0) is 36.2 Å². The van der Waals surface area contributed by atoms with E-state index in [0.29, 0.717) is 10.4 Å². The molecule has 0 saturated carbocycles. The first-order valence-corrected chi connectivity index (χ1v) is 8.09. The zero-order chi connectivity index (χ0) is 14.0. The van der Waals surface area contributed by atoms with Crippen LogP contribution in [0.25, 0.3) is 10.4 Å². The molecule has 0 radical (unpaired) electrons. The molecule has 4 nitrogen and oxygen atoms in total. The third-order valence-corrected chi connectivity index (χ3v) is 4.50. The van der Waals surface area contributed by atoms with Crippen LogP contribution in [0.15, 0.2) is 36.4 Å². The van der Waals surface area contributed by atoms with Crippen molar-refractivity contribution in [1.82, 2.24) is 0 Å². The first-order chi connectivity index (χ1) is 8.85. The molecule has 100 valence electrons. The second kappa shape index (κ2) is 5.24. The van der Waals surface area contributed by atoms with Crippen LogP contribution in [0.3, 0.4) is 0 Å². The van der Waals surface area contributed by atoms with Crippen LogP contribution in [0, 0.1) is 0 Å². The Balaban J connectivity index is 2.34. The van der Waals surface area contributed by atoms with Crippen molar-refractivity contribution in [3.05, 3.63) is 46.8 Å². The van der Waals surface area contributed by atoms with Crippen LogP contribution in [0.4, 0.5) is 0 Å². The molecular weight excluding hydrogens is 282 g/mol. The van der Waals surface area contributed by atoms with Crippen LogP contribution in [0.2, 0.25) is 0 Å². The zero-order valence-electron chi connectivity index (χ0n) is 10.3. The minimum atomic E-state index is -3.54. The highest BCUT2D eigenvalue weighted by molar-refractivity contribution is 7.88. The number of rotatable bonds is 4. The quantitative estimate of drug-likeness (QED) is 0.880. The lowest BCUT2D eigenvalue weighted by Crippen LogP contribution is -2.14. The van der Waals surface area contributed by atoms with E-state index in [-0.39, 0.29) is 11.5 Å². The predicted molar refractivity (Wildman–Crippen MR) is 76.6 cm³/mol. The summed E-state index contributed by atoms with van der Waals surface area (Å²) in [6.07, 6.45) is 0. The number of primary sulfonamides is 1. The van der Waals surface area contributed by atoms with Gasteiger partial charge in [0.2, 0.25) is 10.0 Å². The molecule has 2 N–H and O–H groups in total. The van der Waals surface area contributed by atoms with Gasteiger partial charge in [-0.2, -0.15) is 0 Å². The summed E-state index contributed by atoms with van der Waals surface area (Å²) in [6.45, 7) is 1.52. The average Bonchev–Trinajstić information content (AvgIpc) is 2.76. The molecule has 0 saturated heterocycles. The van der Waals surface area contributed by atoms with Gasteiger partial charge in [-0.3, -0.25) is 4.79 Å². The Labute approximate surface area is 115 Å². The third-order valence-electron chi connectivity index (χ3n) is 2.53. The Kier molecular flexibility index (Phi) is 3.84. The number of nitrogens with two attached hydrogens (primary N) is 1. The van der Waals surface area contributed by atoms with Gasteiger partial charge in [0.15, 0.2) is 5.78 Å². The normalized spacial score (nSPS) is 11.5. The Morgan fingerprint density at radius 1 is 1.26 bits per heavy atom. The predicted octanol–water partition coefficient (Wildman–Crippen LogP) is 2.41. The second-order valence-corrected chi connectivity index (χ2v) is 6.93. The number of sulfonamides is 1. The molecule has 1 aromatic carbocycles. The number of carbonyl (C=O) groups is 1. The summed E-state index contributed by atoms with van der Waals surface area (Å²) in [5.74, 6) is -0.164. The van der Waals surface area contributed by atoms with Gasteiger partial charge in [0, 0.05) is 4.88 Å². The van der Waals surface area contributed by atoms with Gasteiger partial charge < -0.3 is 0 Å². The summed E-state index contributed by atoms with van der Waals surface area (Å²) in [6, 6.07) is 10.8. The van der Waals surface area contributed by atoms with E-state index in [1.165, 1.54) is 18.3 Å².